The molecule has 0 saturated carbocycles. The Labute approximate surface area is 65.2 Å². The molecule has 56 valence electrons. The molecule has 0 amide bonds. The Kier molecular flexibility index (Phi) is 23.4. The van der Waals surface area contributed by atoms with E-state index in [-0.39, 0.29) is 22.5 Å². The number of hydrogen-bond acceptors (Lipinski definition) is 2. The van der Waals surface area contributed by atoms with Crippen molar-refractivity contribution in [3.8, 4) is 0 Å². The molecule has 2 nitrogen and oxygen atoms in total. The third-order valence-corrected chi connectivity index (χ3v) is 0.295. The molecule has 0 rings (SSSR count). The van der Waals surface area contributed by atoms with E-state index in [2.05, 4.69) is 4.74 Å². The second-order valence-electron chi connectivity index (χ2n) is 0.762. The van der Waals surface area contributed by atoms with Gasteiger partial charge in [-0.2, -0.15) is 0 Å². The molecule has 0 bridgehead atoms. The van der Waals surface area contributed by atoms with Crippen LogP contribution in [0.1, 0.15) is 0 Å². The Bertz CT molecular complexity index is 29.2. The van der Waals surface area contributed by atoms with Crippen LogP contribution in [0.4, 0.5) is 0 Å². The Balaban J connectivity index is 0. The zero-order valence-electron chi connectivity index (χ0n) is 4.34. The van der Waals surface area contributed by atoms with E-state index in [0.717, 1.165) is 0 Å². The average Bonchev–Trinajstić information content (AvgIpc) is 1.71. The van der Waals surface area contributed by atoms with Gasteiger partial charge in [0.2, 0.25) is 0 Å². The number of hydrogen-bond donors (Lipinski definition) is 1. The Morgan fingerprint density at radius 2 is 2.00 bits per heavy atom. The zero-order valence-corrected chi connectivity index (χ0v) is 7.41. The van der Waals surface area contributed by atoms with E-state index in [4.69, 9.17) is 24.2 Å². The third-order valence-electron chi connectivity index (χ3n) is 0.295. The van der Waals surface area contributed by atoms with Crippen LogP contribution in [0.3, 0.4) is 0 Å². The van der Waals surface area contributed by atoms with Crippen LogP contribution >= 0.6 is 19.1 Å². The van der Waals surface area contributed by atoms with Crippen LogP contribution < -0.4 is 0 Å². The predicted octanol–water partition coefficient (Wildman–Crippen LogP) is 1.00. The fourth-order valence-electron chi connectivity index (χ4n) is 0.0913. The normalized spacial score (nSPS) is 8.00. The van der Waals surface area contributed by atoms with Gasteiger partial charge in [-0.05, 0) is 0 Å². The van der Waals surface area contributed by atoms with Crippen LogP contribution in [0.5, 0.6) is 0 Å². The molecule has 5 heteroatoms. The fraction of sp³-hybridized carbons (Fsp3) is 1.00. The van der Waals surface area contributed by atoms with Crippen LogP contribution in [-0.4, -0.2) is 25.4 Å². The zero-order chi connectivity index (χ0) is 6.83. The van der Waals surface area contributed by atoms with E-state index in [1.165, 1.54) is 0 Å². The van der Waals surface area contributed by atoms with Gasteiger partial charge in [-0.3, -0.25) is 0 Å². The van der Waals surface area contributed by atoms with Gasteiger partial charge in [-0.25, -0.2) is 0 Å². The summed E-state index contributed by atoms with van der Waals surface area (Å²) in [5, 5.41) is 7.94. The van der Waals surface area contributed by atoms with E-state index in [1.807, 2.05) is 0 Å². The molecule has 0 aliphatic heterocycles. The standard InChI is InChI=1S/C3H8O2.2ClH.Pd/c1-5-3-2-4;;;/h4H,2-3H2,1H3;2*1H;/q;;;+2/p-2. The van der Waals surface area contributed by atoms with Crippen LogP contribution in [0.15, 0.2) is 0 Å². The van der Waals surface area contributed by atoms with E-state index in [0.29, 0.717) is 6.61 Å². The summed E-state index contributed by atoms with van der Waals surface area (Å²) < 4.78 is 4.44. The molecule has 0 fully saturated rings. The van der Waals surface area contributed by atoms with Gasteiger partial charge < -0.3 is 9.84 Å². The average molecular weight is 253 g/mol. The monoisotopic (exact) mass is 252 g/mol. The quantitative estimate of drug-likeness (QED) is 0.744. The van der Waals surface area contributed by atoms with Crippen molar-refractivity contribution in [2.45, 2.75) is 0 Å². The second kappa shape index (κ2) is 15.7. The summed E-state index contributed by atoms with van der Waals surface area (Å²) in [6.45, 7) is 0.566. The number of methoxy groups -OCH3 is 1. The molecule has 0 saturated heterocycles. The van der Waals surface area contributed by atoms with Crippen LogP contribution in [0, 0.1) is 0 Å². The van der Waals surface area contributed by atoms with Crippen molar-refractivity contribution in [3.63, 3.8) is 0 Å². The van der Waals surface area contributed by atoms with Crippen molar-refractivity contribution in [2.75, 3.05) is 20.3 Å². The number of aliphatic hydroxyl groups excluding tert-OH is 1. The first-order valence-corrected chi connectivity index (χ1v) is 5.76. The van der Waals surface area contributed by atoms with Gasteiger partial charge in [0.15, 0.2) is 0 Å². The van der Waals surface area contributed by atoms with Crippen LogP contribution in [-0.2, 0) is 20.7 Å². The molecule has 0 aliphatic carbocycles. The number of ether oxygens (including phenoxy) is 1. The number of aliphatic hydroxyl groups is 1. The molecular formula is C3H8Cl2O2Pd. The summed E-state index contributed by atoms with van der Waals surface area (Å²) >= 11 is -0.106. The van der Waals surface area contributed by atoms with E-state index in [1.54, 1.807) is 7.11 Å². The second-order valence-corrected chi connectivity index (χ2v) is 3.12. The van der Waals surface area contributed by atoms with Gasteiger partial charge in [-0.15, -0.1) is 0 Å². The van der Waals surface area contributed by atoms with Gasteiger partial charge in [0.1, 0.15) is 0 Å². The summed E-state index contributed by atoms with van der Waals surface area (Å²) in [6, 6.07) is 0. The minimum atomic E-state index is -0.106. The number of halogens is 2. The van der Waals surface area contributed by atoms with Crippen molar-refractivity contribution in [1.29, 1.82) is 0 Å². The Morgan fingerprint density at radius 1 is 1.62 bits per heavy atom. The molecule has 0 radical (unpaired) electrons. The molecule has 0 heterocycles. The van der Waals surface area contributed by atoms with E-state index in [9.17, 15) is 0 Å². The van der Waals surface area contributed by atoms with Crippen molar-refractivity contribution >= 4 is 19.1 Å². The SMILES string of the molecule is COCCO.[Cl][Pd][Cl]. The van der Waals surface area contributed by atoms with Gasteiger partial charge in [-0.1, -0.05) is 0 Å². The summed E-state index contributed by atoms with van der Waals surface area (Å²) in [6.07, 6.45) is 0. The van der Waals surface area contributed by atoms with Crippen molar-refractivity contribution in [1.82, 2.24) is 0 Å². The van der Waals surface area contributed by atoms with Gasteiger partial charge in [0.05, 0.1) is 13.2 Å². The molecule has 1 N–H and O–H groups in total. The summed E-state index contributed by atoms with van der Waals surface area (Å²) in [4.78, 5) is 0. The van der Waals surface area contributed by atoms with Gasteiger partial charge in [0.25, 0.3) is 0 Å². The van der Waals surface area contributed by atoms with E-state index < -0.39 is 0 Å². The molecule has 0 atom stereocenters. The molecule has 0 aromatic heterocycles. The van der Waals surface area contributed by atoms with Crippen molar-refractivity contribution in [3.05, 3.63) is 0 Å². The summed E-state index contributed by atoms with van der Waals surface area (Å²) in [5.74, 6) is 0. The minimum absolute atomic E-state index is 0.106. The maximum absolute atomic E-state index is 7.94. The Hall–Kier alpha value is 1.16. The van der Waals surface area contributed by atoms with Gasteiger partial charge in [0, 0.05) is 7.11 Å². The fourth-order valence-corrected chi connectivity index (χ4v) is 0.0913. The van der Waals surface area contributed by atoms with Crippen molar-refractivity contribution in [2.24, 2.45) is 0 Å². The van der Waals surface area contributed by atoms with Crippen molar-refractivity contribution < 1.29 is 25.8 Å². The molecule has 0 unspecified atom stereocenters. The van der Waals surface area contributed by atoms with Gasteiger partial charge >= 0.3 is 35.0 Å². The Morgan fingerprint density at radius 3 is 2.00 bits per heavy atom. The van der Waals surface area contributed by atoms with E-state index >= 15 is 0 Å². The molecule has 0 aromatic rings. The maximum atomic E-state index is 7.94. The molecule has 0 spiro atoms. The molecule has 0 aliphatic rings. The molecule has 8 heavy (non-hydrogen) atoms. The van der Waals surface area contributed by atoms with Crippen LogP contribution in [0.2, 0.25) is 0 Å². The first-order chi connectivity index (χ1) is 3.83. The first-order valence-electron chi connectivity index (χ1n) is 1.75. The summed E-state index contributed by atoms with van der Waals surface area (Å²) in [7, 11) is 11.2. The number of rotatable bonds is 2. The predicted molar refractivity (Wildman–Crippen MR) is 30.7 cm³/mol. The molecule has 0 aromatic carbocycles. The van der Waals surface area contributed by atoms with Crippen LogP contribution in [0.25, 0.3) is 0 Å². The summed E-state index contributed by atoms with van der Waals surface area (Å²) in [5.41, 5.74) is 0. The third kappa shape index (κ3) is 27.2. The molecular weight excluding hydrogens is 245 g/mol. The topological polar surface area (TPSA) is 29.5 Å². The first kappa shape index (κ1) is 11.9.